The fourth-order valence-electron chi connectivity index (χ4n) is 2.94. The Bertz CT molecular complexity index is 250. The van der Waals surface area contributed by atoms with Crippen molar-refractivity contribution >= 4 is 5.91 Å². The van der Waals surface area contributed by atoms with E-state index in [1.807, 2.05) is 4.90 Å². The van der Waals surface area contributed by atoms with Gasteiger partial charge in [0.05, 0.1) is 6.10 Å². The standard InChI is InChI=1S/C11H17NO2/c1-14-10-5-12(6-10)11(13)9-3-7-2-8(7)4-9/h7-10H,2-6H2,1H3. The minimum atomic E-state index is 0.301. The molecule has 3 nitrogen and oxygen atoms in total. The molecule has 0 aromatic carbocycles. The lowest BCUT2D eigenvalue weighted by Crippen LogP contribution is -2.55. The summed E-state index contributed by atoms with van der Waals surface area (Å²) in [6.45, 7) is 1.64. The van der Waals surface area contributed by atoms with E-state index in [9.17, 15) is 4.79 Å². The average molecular weight is 195 g/mol. The highest BCUT2D eigenvalue weighted by molar-refractivity contribution is 5.80. The van der Waals surface area contributed by atoms with Gasteiger partial charge in [0.15, 0.2) is 0 Å². The van der Waals surface area contributed by atoms with Crippen molar-refractivity contribution in [3.05, 3.63) is 0 Å². The van der Waals surface area contributed by atoms with Crippen LogP contribution < -0.4 is 0 Å². The molecule has 2 saturated carbocycles. The molecule has 0 spiro atoms. The van der Waals surface area contributed by atoms with Crippen LogP contribution in [0.25, 0.3) is 0 Å². The molecule has 1 heterocycles. The normalized spacial score (nSPS) is 40.6. The summed E-state index contributed by atoms with van der Waals surface area (Å²) >= 11 is 0. The van der Waals surface area contributed by atoms with Crippen LogP contribution >= 0.6 is 0 Å². The molecule has 1 aliphatic heterocycles. The molecule has 78 valence electrons. The van der Waals surface area contributed by atoms with Crippen LogP contribution in [0.1, 0.15) is 19.3 Å². The second-order valence-corrected chi connectivity index (χ2v) is 5.03. The molecule has 1 amide bonds. The van der Waals surface area contributed by atoms with Crippen LogP contribution in [0.2, 0.25) is 0 Å². The summed E-state index contributed by atoms with van der Waals surface area (Å²) in [7, 11) is 1.72. The van der Waals surface area contributed by atoms with E-state index in [1.54, 1.807) is 7.11 Å². The Balaban J connectivity index is 1.52. The van der Waals surface area contributed by atoms with Gasteiger partial charge in [-0.3, -0.25) is 4.79 Å². The van der Waals surface area contributed by atoms with Crippen molar-refractivity contribution in [1.82, 2.24) is 4.90 Å². The molecule has 3 rings (SSSR count). The zero-order valence-corrected chi connectivity index (χ0v) is 8.61. The first-order chi connectivity index (χ1) is 6.78. The van der Waals surface area contributed by atoms with Crippen molar-refractivity contribution in [2.45, 2.75) is 25.4 Å². The van der Waals surface area contributed by atoms with Crippen LogP contribution in [0.15, 0.2) is 0 Å². The van der Waals surface area contributed by atoms with E-state index in [0.29, 0.717) is 17.9 Å². The molecule has 0 aromatic rings. The van der Waals surface area contributed by atoms with Gasteiger partial charge in [0.2, 0.25) is 5.91 Å². The predicted octanol–water partition coefficient (Wildman–Crippen LogP) is 0.890. The Hall–Kier alpha value is -0.570. The fourth-order valence-corrected chi connectivity index (χ4v) is 2.94. The van der Waals surface area contributed by atoms with Crippen molar-refractivity contribution in [3.8, 4) is 0 Å². The second kappa shape index (κ2) is 2.96. The van der Waals surface area contributed by atoms with Gasteiger partial charge in [0.25, 0.3) is 0 Å². The summed E-state index contributed by atoms with van der Waals surface area (Å²) in [5, 5.41) is 0. The predicted molar refractivity (Wildman–Crippen MR) is 51.7 cm³/mol. The quantitative estimate of drug-likeness (QED) is 0.655. The van der Waals surface area contributed by atoms with Gasteiger partial charge >= 0.3 is 0 Å². The number of likely N-dealkylation sites (tertiary alicyclic amines) is 1. The molecule has 3 fully saturated rings. The number of rotatable bonds is 2. The summed E-state index contributed by atoms with van der Waals surface area (Å²) < 4.78 is 5.17. The molecule has 2 aliphatic carbocycles. The van der Waals surface area contributed by atoms with Gasteiger partial charge in [-0.15, -0.1) is 0 Å². The molecule has 0 aromatic heterocycles. The summed E-state index contributed by atoms with van der Waals surface area (Å²) in [6.07, 6.45) is 4.02. The SMILES string of the molecule is COC1CN(C(=O)C2CC3CC3C2)C1. The number of nitrogens with zero attached hydrogens (tertiary/aromatic N) is 1. The lowest BCUT2D eigenvalue weighted by molar-refractivity contribution is -0.147. The lowest BCUT2D eigenvalue weighted by Gasteiger charge is -2.39. The zero-order valence-electron chi connectivity index (χ0n) is 8.61. The van der Waals surface area contributed by atoms with E-state index < -0.39 is 0 Å². The van der Waals surface area contributed by atoms with Crippen LogP contribution in [0.3, 0.4) is 0 Å². The van der Waals surface area contributed by atoms with Crippen LogP contribution in [0, 0.1) is 17.8 Å². The van der Waals surface area contributed by atoms with Gasteiger partial charge in [-0.05, 0) is 31.1 Å². The molecule has 1 saturated heterocycles. The highest BCUT2D eigenvalue weighted by Gasteiger charge is 2.49. The Morgan fingerprint density at radius 3 is 2.43 bits per heavy atom. The molecule has 0 bridgehead atoms. The molecule has 0 radical (unpaired) electrons. The number of ether oxygens (including phenoxy) is 1. The largest absolute Gasteiger partial charge is 0.378 e. The number of amides is 1. The van der Waals surface area contributed by atoms with E-state index in [-0.39, 0.29) is 0 Å². The van der Waals surface area contributed by atoms with Crippen molar-refractivity contribution in [2.75, 3.05) is 20.2 Å². The monoisotopic (exact) mass is 195 g/mol. The van der Waals surface area contributed by atoms with Gasteiger partial charge in [-0.1, -0.05) is 0 Å². The van der Waals surface area contributed by atoms with Crippen molar-refractivity contribution in [3.63, 3.8) is 0 Å². The maximum atomic E-state index is 11.9. The van der Waals surface area contributed by atoms with Crippen LogP contribution in [-0.4, -0.2) is 37.1 Å². The number of fused-ring (bicyclic) bond motifs is 1. The molecule has 2 atom stereocenters. The third-order valence-corrected chi connectivity index (χ3v) is 4.09. The molecular weight excluding hydrogens is 178 g/mol. The Morgan fingerprint density at radius 2 is 1.86 bits per heavy atom. The first-order valence-electron chi connectivity index (χ1n) is 5.59. The number of hydrogen-bond acceptors (Lipinski definition) is 2. The maximum Gasteiger partial charge on any atom is 0.225 e. The third-order valence-electron chi connectivity index (χ3n) is 4.09. The summed E-state index contributed by atoms with van der Waals surface area (Å²) in [4.78, 5) is 13.9. The number of methoxy groups -OCH3 is 1. The highest BCUT2D eigenvalue weighted by atomic mass is 16.5. The van der Waals surface area contributed by atoms with Crippen LogP contribution in [-0.2, 0) is 9.53 Å². The van der Waals surface area contributed by atoms with Crippen molar-refractivity contribution in [2.24, 2.45) is 17.8 Å². The van der Waals surface area contributed by atoms with E-state index in [2.05, 4.69) is 0 Å². The van der Waals surface area contributed by atoms with Crippen molar-refractivity contribution < 1.29 is 9.53 Å². The Labute approximate surface area is 84.4 Å². The van der Waals surface area contributed by atoms with Crippen LogP contribution in [0.5, 0.6) is 0 Å². The van der Waals surface area contributed by atoms with E-state index in [1.165, 1.54) is 6.42 Å². The third kappa shape index (κ3) is 1.26. The lowest BCUT2D eigenvalue weighted by atomic mass is 9.99. The fraction of sp³-hybridized carbons (Fsp3) is 0.909. The number of carbonyl (C=O) groups is 1. The molecule has 3 aliphatic rings. The van der Waals surface area contributed by atoms with Gasteiger partial charge in [-0.2, -0.15) is 0 Å². The smallest absolute Gasteiger partial charge is 0.225 e. The maximum absolute atomic E-state index is 11.9. The van der Waals surface area contributed by atoms with Crippen LogP contribution in [0.4, 0.5) is 0 Å². The second-order valence-electron chi connectivity index (χ2n) is 5.03. The highest BCUT2D eigenvalue weighted by Crippen LogP contribution is 2.54. The minimum Gasteiger partial charge on any atom is -0.378 e. The minimum absolute atomic E-state index is 0.301. The summed E-state index contributed by atoms with van der Waals surface area (Å²) in [6, 6.07) is 0. The first kappa shape index (κ1) is 8.72. The summed E-state index contributed by atoms with van der Waals surface area (Å²) in [5.74, 6) is 2.56. The van der Waals surface area contributed by atoms with Gasteiger partial charge < -0.3 is 9.64 Å². The average Bonchev–Trinajstić information content (AvgIpc) is 2.72. The van der Waals surface area contributed by atoms with Gasteiger partial charge in [0.1, 0.15) is 0 Å². The molecule has 0 N–H and O–H groups in total. The molecule has 3 heteroatoms. The van der Waals surface area contributed by atoms with E-state index in [0.717, 1.165) is 37.8 Å². The zero-order chi connectivity index (χ0) is 9.71. The number of carbonyl (C=O) groups excluding carboxylic acids is 1. The summed E-state index contributed by atoms with van der Waals surface area (Å²) in [5.41, 5.74) is 0. The van der Waals surface area contributed by atoms with E-state index >= 15 is 0 Å². The Morgan fingerprint density at radius 1 is 1.21 bits per heavy atom. The molecule has 14 heavy (non-hydrogen) atoms. The van der Waals surface area contributed by atoms with Crippen molar-refractivity contribution in [1.29, 1.82) is 0 Å². The topological polar surface area (TPSA) is 29.5 Å². The molecule has 2 unspecified atom stereocenters. The Kier molecular flexibility index (Phi) is 1.84. The number of hydrogen-bond donors (Lipinski definition) is 0. The first-order valence-corrected chi connectivity index (χ1v) is 5.59. The molecular formula is C11H17NO2. The van der Waals surface area contributed by atoms with Gasteiger partial charge in [-0.25, -0.2) is 0 Å². The van der Waals surface area contributed by atoms with E-state index in [4.69, 9.17) is 4.74 Å². The van der Waals surface area contributed by atoms with Gasteiger partial charge in [0, 0.05) is 26.1 Å².